The van der Waals surface area contributed by atoms with Gasteiger partial charge in [-0.3, -0.25) is 0 Å². The van der Waals surface area contributed by atoms with Crippen molar-refractivity contribution in [3.05, 3.63) is 10.4 Å². The second-order valence-electron chi connectivity index (χ2n) is 0.837. The van der Waals surface area contributed by atoms with Gasteiger partial charge >= 0.3 is 0 Å². The Balaban J connectivity index is 3.29. The SMILES string of the molecule is C[C@@H](O)N=[N+]=[N-]. The van der Waals surface area contributed by atoms with E-state index in [9.17, 15) is 0 Å². The summed E-state index contributed by atoms with van der Waals surface area (Å²) in [4.78, 5) is 2.31. The first kappa shape index (κ1) is 5.27. The first-order valence-electron chi connectivity index (χ1n) is 1.49. The summed E-state index contributed by atoms with van der Waals surface area (Å²) in [5.41, 5.74) is 7.54. The Kier molecular flexibility index (Phi) is 2.20. The van der Waals surface area contributed by atoms with Crippen LogP contribution in [0.5, 0.6) is 0 Å². The molecule has 0 fully saturated rings. The van der Waals surface area contributed by atoms with Crippen molar-refractivity contribution in [2.45, 2.75) is 13.2 Å². The number of hydrogen-bond acceptors (Lipinski definition) is 2. The van der Waals surface area contributed by atoms with Crippen LogP contribution in [0, 0.1) is 0 Å². The third kappa shape index (κ3) is 3.27. The van der Waals surface area contributed by atoms with E-state index in [1.807, 2.05) is 0 Å². The molecule has 0 aromatic carbocycles. The molecule has 4 heteroatoms. The Labute approximate surface area is 35.0 Å². The molecule has 0 aliphatic heterocycles. The zero-order chi connectivity index (χ0) is 4.99. The summed E-state index contributed by atoms with van der Waals surface area (Å²) in [5.74, 6) is 0. The quantitative estimate of drug-likeness (QED) is 0.284. The van der Waals surface area contributed by atoms with Crippen molar-refractivity contribution in [2.24, 2.45) is 5.11 Å². The van der Waals surface area contributed by atoms with Crippen LogP contribution in [0.3, 0.4) is 0 Å². The normalized spacial score (nSPS) is 12.3. The van der Waals surface area contributed by atoms with Gasteiger partial charge in [0.15, 0.2) is 0 Å². The van der Waals surface area contributed by atoms with Crippen molar-refractivity contribution in [3.8, 4) is 0 Å². The van der Waals surface area contributed by atoms with Gasteiger partial charge in [0.25, 0.3) is 0 Å². The van der Waals surface area contributed by atoms with Crippen LogP contribution in [-0.4, -0.2) is 11.3 Å². The van der Waals surface area contributed by atoms with Crippen molar-refractivity contribution in [1.82, 2.24) is 0 Å². The van der Waals surface area contributed by atoms with E-state index in [0.29, 0.717) is 0 Å². The molecule has 34 valence electrons. The molecule has 0 rings (SSSR count). The van der Waals surface area contributed by atoms with Crippen LogP contribution in [0.4, 0.5) is 0 Å². The monoisotopic (exact) mass is 87.0 g/mol. The van der Waals surface area contributed by atoms with Crippen LogP contribution in [0.25, 0.3) is 10.4 Å². The van der Waals surface area contributed by atoms with Crippen molar-refractivity contribution < 1.29 is 5.11 Å². The molecule has 0 heterocycles. The molecule has 0 saturated heterocycles. The van der Waals surface area contributed by atoms with Crippen LogP contribution in [0.2, 0.25) is 0 Å². The van der Waals surface area contributed by atoms with Gasteiger partial charge in [-0.1, -0.05) is 5.11 Å². The van der Waals surface area contributed by atoms with Crippen molar-refractivity contribution >= 4 is 0 Å². The maximum Gasteiger partial charge on any atom is 0.130 e. The highest BCUT2D eigenvalue weighted by molar-refractivity contribution is 4.42. The second-order valence-corrected chi connectivity index (χ2v) is 0.837. The summed E-state index contributed by atoms with van der Waals surface area (Å²) in [6.45, 7) is 1.39. The molecule has 4 nitrogen and oxygen atoms in total. The molecule has 1 N–H and O–H groups in total. The van der Waals surface area contributed by atoms with Gasteiger partial charge in [0.05, 0.1) is 0 Å². The lowest BCUT2D eigenvalue weighted by atomic mass is 10.7. The van der Waals surface area contributed by atoms with Gasteiger partial charge in [-0.2, -0.15) is 0 Å². The van der Waals surface area contributed by atoms with E-state index < -0.39 is 6.23 Å². The fourth-order valence-electron chi connectivity index (χ4n) is 0.0747. The van der Waals surface area contributed by atoms with Crippen molar-refractivity contribution in [2.75, 3.05) is 0 Å². The second kappa shape index (κ2) is 2.50. The number of aliphatic hydroxyl groups is 1. The number of hydrogen-bond donors (Lipinski definition) is 1. The van der Waals surface area contributed by atoms with Crippen LogP contribution in [0.15, 0.2) is 5.11 Å². The Bertz CT molecular complexity index is 72.9. The summed E-state index contributed by atoms with van der Waals surface area (Å²) < 4.78 is 0. The number of aliphatic hydroxyl groups excluding tert-OH is 1. The molecular formula is C2H5N3O. The Morgan fingerprint density at radius 2 is 2.50 bits per heavy atom. The molecule has 0 aliphatic rings. The van der Waals surface area contributed by atoms with Crippen LogP contribution >= 0.6 is 0 Å². The van der Waals surface area contributed by atoms with Gasteiger partial charge in [-0.15, -0.1) is 0 Å². The summed E-state index contributed by atoms with van der Waals surface area (Å²) in [6.07, 6.45) is -0.894. The average Bonchev–Trinajstić information content (AvgIpc) is 1.35. The number of nitrogens with zero attached hydrogens (tertiary/aromatic N) is 3. The maximum absolute atomic E-state index is 8.13. The molecule has 1 atom stereocenters. The summed E-state index contributed by atoms with van der Waals surface area (Å²) in [7, 11) is 0. The van der Waals surface area contributed by atoms with Crippen LogP contribution in [-0.2, 0) is 0 Å². The number of azide groups is 1. The highest BCUT2D eigenvalue weighted by Crippen LogP contribution is 1.77. The number of rotatable bonds is 1. The van der Waals surface area contributed by atoms with E-state index in [-0.39, 0.29) is 0 Å². The highest BCUT2D eigenvalue weighted by atomic mass is 16.3. The summed E-state index contributed by atoms with van der Waals surface area (Å²) >= 11 is 0. The van der Waals surface area contributed by atoms with Gasteiger partial charge < -0.3 is 5.11 Å². The fraction of sp³-hybridized carbons (Fsp3) is 1.00. The highest BCUT2D eigenvalue weighted by Gasteiger charge is 1.79. The third-order valence-electron chi connectivity index (χ3n) is 0.219. The molecular weight excluding hydrogens is 82.0 g/mol. The lowest BCUT2D eigenvalue weighted by molar-refractivity contribution is 0.203. The van der Waals surface area contributed by atoms with Gasteiger partial charge in [0.2, 0.25) is 0 Å². The maximum atomic E-state index is 8.13. The summed E-state index contributed by atoms with van der Waals surface area (Å²) in [5, 5.41) is 11.0. The minimum Gasteiger partial charge on any atom is -0.387 e. The van der Waals surface area contributed by atoms with Gasteiger partial charge in [0, 0.05) is 4.91 Å². The standard InChI is InChI=1S/C2H5N3O/c1-2(6)4-5-3/h2,6H,1H3/t2-/m1/s1. The zero-order valence-electron chi connectivity index (χ0n) is 3.37. The predicted octanol–water partition coefficient (Wildman–Crippen LogP) is 0.635. The third-order valence-corrected chi connectivity index (χ3v) is 0.219. The molecule has 0 aliphatic carbocycles. The molecule has 0 unspecified atom stereocenters. The zero-order valence-corrected chi connectivity index (χ0v) is 3.37. The van der Waals surface area contributed by atoms with Crippen LogP contribution < -0.4 is 0 Å². The Morgan fingerprint density at radius 1 is 2.00 bits per heavy atom. The Morgan fingerprint density at radius 3 is 2.50 bits per heavy atom. The van der Waals surface area contributed by atoms with Gasteiger partial charge in [0.1, 0.15) is 6.23 Å². The largest absolute Gasteiger partial charge is 0.387 e. The smallest absolute Gasteiger partial charge is 0.130 e. The topological polar surface area (TPSA) is 69.0 Å². The van der Waals surface area contributed by atoms with Gasteiger partial charge in [-0.25, -0.2) is 0 Å². The molecule has 0 radical (unpaired) electrons. The van der Waals surface area contributed by atoms with Gasteiger partial charge in [-0.05, 0) is 12.5 Å². The average molecular weight is 87.1 g/mol. The van der Waals surface area contributed by atoms with E-state index in [0.717, 1.165) is 0 Å². The molecule has 0 saturated carbocycles. The minimum atomic E-state index is -0.894. The van der Waals surface area contributed by atoms with E-state index in [1.165, 1.54) is 6.92 Å². The molecule has 0 amide bonds. The fourth-order valence-corrected chi connectivity index (χ4v) is 0.0747. The first-order chi connectivity index (χ1) is 2.77. The molecule has 0 aromatic heterocycles. The van der Waals surface area contributed by atoms with E-state index >= 15 is 0 Å². The minimum absolute atomic E-state index is 0.894. The Hall–Kier alpha value is -0.730. The lowest BCUT2D eigenvalue weighted by Gasteiger charge is -1.82. The lowest BCUT2D eigenvalue weighted by Crippen LogP contribution is -1.88. The molecule has 0 bridgehead atoms. The predicted molar refractivity (Wildman–Crippen MR) is 20.8 cm³/mol. The van der Waals surface area contributed by atoms with Crippen molar-refractivity contribution in [3.63, 3.8) is 0 Å². The van der Waals surface area contributed by atoms with E-state index in [2.05, 4.69) is 10.0 Å². The van der Waals surface area contributed by atoms with Crippen LogP contribution in [0.1, 0.15) is 6.92 Å². The molecule has 0 spiro atoms. The van der Waals surface area contributed by atoms with E-state index in [1.54, 1.807) is 0 Å². The van der Waals surface area contributed by atoms with Crippen molar-refractivity contribution in [1.29, 1.82) is 0 Å². The summed E-state index contributed by atoms with van der Waals surface area (Å²) in [6, 6.07) is 0. The molecule has 0 aromatic rings. The van der Waals surface area contributed by atoms with E-state index in [4.69, 9.17) is 10.6 Å². The molecule has 6 heavy (non-hydrogen) atoms. The first-order valence-corrected chi connectivity index (χ1v) is 1.49.